The van der Waals surface area contributed by atoms with E-state index in [1.807, 2.05) is 0 Å². The summed E-state index contributed by atoms with van der Waals surface area (Å²) < 4.78 is 18.0. The normalized spacial score (nSPS) is 15.8. The minimum absolute atomic E-state index is 0.0554. The smallest absolute Gasteiger partial charge is 0.320 e. The topological polar surface area (TPSA) is 82.4 Å². The Hall–Kier alpha value is -2.46. The minimum Gasteiger partial charge on any atom is -0.465 e. The van der Waals surface area contributed by atoms with Crippen LogP contribution in [0.25, 0.3) is 0 Å². The molecule has 1 aromatic carbocycles. The van der Waals surface area contributed by atoms with Crippen molar-refractivity contribution in [1.82, 2.24) is 10.2 Å². The Labute approximate surface area is 152 Å². The monoisotopic (exact) mass is 361 g/mol. The number of carbonyl (C=O) groups is 2. The largest absolute Gasteiger partial charge is 0.465 e. The van der Waals surface area contributed by atoms with Crippen molar-refractivity contribution in [3.63, 3.8) is 0 Å². The van der Waals surface area contributed by atoms with E-state index in [4.69, 9.17) is 4.74 Å². The Morgan fingerprint density at radius 3 is 2.54 bits per heavy atom. The molecule has 0 radical (unpaired) electrons. The lowest BCUT2D eigenvalue weighted by Gasteiger charge is -2.26. The second-order valence-corrected chi connectivity index (χ2v) is 6.71. The van der Waals surface area contributed by atoms with Gasteiger partial charge in [-0.2, -0.15) is 5.26 Å². The van der Waals surface area contributed by atoms with Gasteiger partial charge in [-0.1, -0.05) is 12.1 Å². The zero-order valence-electron chi connectivity index (χ0n) is 15.1. The van der Waals surface area contributed by atoms with E-state index in [-0.39, 0.29) is 37.3 Å². The molecular formula is C19H24FN3O3. The number of rotatable bonds is 9. The molecule has 0 unspecified atom stereocenters. The van der Waals surface area contributed by atoms with E-state index in [0.717, 1.165) is 18.4 Å². The highest BCUT2D eigenvalue weighted by molar-refractivity contribution is 5.80. The summed E-state index contributed by atoms with van der Waals surface area (Å²) in [6, 6.07) is 8.05. The summed E-state index contributed by atoms with van der Waals surface area (Å²) in [7, 11) is 0. The molecule has 6 nitrogen and oxygen atoms in total. The molecule has 7 heteroatoms. The van der Waals surface area contributed by atoms with Gasteiger partial charge >= 0.3 is 5.97 Å². The molecule has 1 aliphatic carbocycles. The molecule has 0 aliphatic heterocycles. The number of ether oxygens (including phenoxy) is 1. The summed E-state index contributed by atoms with van der Waals surface area (Å²) in [5.74, 6) is -0.940. The maximum absolute atomic E-state index is 13.1. The van der Waals surface area contributed by atoms with Crippen LogP contribution in [-0.4, -0.2) is 42.0 Å². The summed E-state index contributed by atoms with van der Waals surface area (Å²) in [5.41, 5.74) is -0.114. The molecule has 0 aromatic heterocycles. The fraction of sp³-hybridized carbons (Fsp3) is 0.526. The van der Waals surface area contributed by atoms with Crippen molar-refractivity contribution in [2.75, 3.05) is 19.7 Å². The van der Waals surface area contributed by atoms with Crippen LogP contribution >= 0.6 is 0 Å². The lowest BCUT2D eigenvalue weighted by Crippen LogP contribution is -2.50. The van der Waals surface area contributed by atoms with E-state index in [1.54, 1.807) is 30.9 Å². The number of hydrogen-bond donors (Lipinski definition) is 1. The van der Waals surface area contributed by atoms with Gasteiger partial charge in [0.25, 0.3) is 0 Å². The molecule has 1 aromatic rings. The van der Waals surface area contributed by atoms with Gasteiger partial charge in [-0.3, -0.25) is 14.5 Å². The number of hydrogen-bond acceptors (Lipinski definition) is 5. The Morgan fingerprint density at radius 2 is 2.00 bits per heavy atom. The van der Waals surface area contributed by atoms with Crippen LogP contribution in [0.4, 0.5) is 4.39 Å². The predicted molar refractivity (Wildman–Crippen MR) is 93.2 cm³/mol. The Kier molecular flexibility index (Phi) is 6.70. The molecule has 0 bridgehead atoms. The first-order chi connectivity index (χ1) is 12.4. The molecule has 2 rings (SSSR count). The Balaban J connectivity index is 2.02. The van der Waals surface area contributed by atoms with Gasteiger partial charge in [-0.15, -0.1) is 0 Å². The maximum Gasteiger partial charge on any atom is 0.320 e. The highest BCUT2D eigenvalue weighted by Crippen LogP contribution is 2.39. The van der Waals surface area contributed by atoms with Gasteiger partial charge < -0.3 is 10.1 Å². The van der Waals surface area contributed by atoms with Gasteiger partial charge in [0.15, 0.2) is 0 Å². The molecule has 1 N–H and O–H groups in total. The summed E-state index contributed by atoms with van der Waals surface area (Å²) >= 11 is 0. The van der Waals surface area contributed by atoms with Crippen LogP contribution in [0.2, 0.25) is 0 Å². The summed E-state index contributed by atoms with van der Waals surface area (Å²) in [6.45, 7) is 3.86. The molecule has 0 heterocycles. The zero-order valence-corrected chi connectivity index (χ0v) is 15.1. The SMILES string of the molecule is CCOC(=O)CN(CC(=O)N[C@@](C)(C#N)C1CC1)Cc1ccc(F)cc1. The van der Waals surface area contributed by atoms with Gasteiger partial charge in [-0.25, -0.2) is 4.39 Å². The fourth-order valence-electron chi connectivity index (χ4n) is 2.82. The van der Waals surface area contributed by atoms with Crippen LogP contribution in [0.1, 0.15) is 32.3 Å². The molecule has 1 saturated carbocycles. The fourth-order valence-corrected chi connectivity index (χ4v) is 2.82. The number of amides is 1. The van der Waals surface area contributed by atoms with E-state index in [2.05, 4.69) is 11.4 Å². The van der Waals surface area contributed by atoms with Gasteiger partial charge in [0.05, 0.1) is 25.8 Å². The summed E-state index contributed by atoms with van der Waals surface area (Å²) in [4.78, 5) is 25.9. The third kappa shape index (κ3) is 5.81. The zero-order chi connectivity index (χ0) is 19.2. The summed E-state index contributed by atoms with van der Waals surface area (Å²) in [5, 5.41) is 12.1. The van der Waals surface area contributed by atoms with Gasteiger partial charge in [0, 0.05) is 6.54 Å². The third-order valence-corrected chi connectivity index (χ3v) is 4.37. The van der Waals surface area contributed by atoms with Crippen molar-refractivity contribution < 1.29 is 18.7 Å². The quantitative estimate of drug-likeness (QED) is 0.680. The van der Waals surface area contributed by atoms with Crippen molar-refractivity contribution in [1.29, 1.82) is 5.26 Å². The molecule has 1 atom stereocenters. The van der Waals surface area contributed by atoms with E-state index in [9.17, 15) is 19.2 Å². The molecule has 1 amide bonds. The van der Waals surface area contributed by atoms with E-state index in [1.165, 1.54) is 12.1 Å². The standard InChI is InChI=1S/C19H24FN3O3/c1-3-26-18(25)12-23(10-14-4-8-16(20)9-5-14)11-17(24)22-19(2,13-21)15-6-7-15/h4-5,8-9,15H,3,6-7,10-12H2,1-2H3,(H,22,24)/t19-/m0/s1. The number of halogens is 1. The van der Waals surface area contributed by atoms with Crippen LogP contribution in [-0.2, 0) is 20.9 Å². The van der Waals surface area contributed by atoms with Crippen LogP contribution in [0, 0.1) is 23.1 Å². The van der Waals surface area contributed by atoms with Crippen LogP contribution < -0.4 is 5.32 Å². The Bertz CT molecular complexity index is 682. The molecule has 0 spiro atoms. The van der Waals surface area contributed by atoms with E-state index >= 15 is 0 Å². The van der Waals surface area contributed by atoms with Crippen LogP contribution in [0.5, 0.6) is 0 Å². The van der Waals surface area contributed by atoms with Crippen molar-refractivity contribution >= 4 is 11.9 Å². The minimum atomic E-state index is -0.886. The number of carbonyl (C=O) groups excluding carboxylic acids is 2. The number of benzene rings is 1. The van der Waals surface area contributed by atoms with E-state index in [0.29, 0.717) is 6.54 Å². The second-order valence-electron chi connectivity index (χ2n) is 6.71. The molecular weight excluding hydrogens is 337 g/mol. The van der Waals surface area contributed by atoms with Gasteiger partial charge in [-0.05, 0) is 50.3 Å². The van der Waals surface area contributed by atoms with Crippen LogP contribution in [0.3, 0.4) is 0 Å². The van der Waals surface area contributed by atoms with Crippen molar-refractivity contribution in [2.24, 2.45) is 5.92 Å². The average molecular weight is 361 g/mol. The molecule has 26 heavy (non-hydrogen) atoms. The lowest BCUT2D eigenvalue weighted by molar-refractivity contribution is -0.144. The van der Waals surface area contributed by atoms with Crippen molar-refractivity contribution in [3.05, 3.63) is 35.6 Å². The highest BCUT2D eigenvalue weighted by Gasteiger charge is 2.43. The third-order valence-electron chi connectivity index (χ3n) is 4.37. The van der Waals surface area contributed by atoms with Gasteiger partial charge in [0.2, 0.25) is 5.91 Å². The maximum atomic E-state index is 13.1. The van der Waals surface area contributed by atoms with Crippen LogP contribution in [0.15, 0.2) is 24.3 Å². The molecule has 140 valence electrons. The highest BCUT2D eigenvalue weighted by atomic mass is 19.1. The van der Waals surface area contributed by atoms with E-state index < -0.39 is 11.5 Å². The molecule has 1 fully saturated rings. The molecule has 1 aliphatic rings. The first kappa shape index (κ1) is 19.9. The second kappa shape index (κ2) is 8.77. The number of nitrogens with one attached hydrogen (secondary N) is 1. The Morgan fingerprint density at radius 1 is 1.35 bits per heavy atom. The number of nitriles is 1. The first-order valence-corrected chi connectivity index (χ1v) is 8.71. The van der Waals surface area contributed by atoms with Crippen molar-refractivity contribution in [3.8, 4) is 6.07 Å². The number of esters is 1. The van der Waals surface area contributed by atoms with Gasteiger partial charge in [0.1, 0.15) is 11.4 Å². The number of nitrogens with zero attached hydrogens (tertiary/aromatic N) is 2. The average Bonchev–Trinajstić information content (AvgIpc) is 3.42. The first-order valence-electron chi connectivity index (χ1n) is 8.71. The predicted octanol–water partition coefficient (Wildman–Crippen LogP) is 2.00. The molecule has 0 saturated heterocycles. The lowest BCUT2D eigenvalue weighted by atomic mass is 9.98. The summed E-state index contributed by atoms with van der Waals surface area (Å²) in [6.07, 6.45) is 1.85. The van der Waals surface area contributed by atoms with Crippen molar-refractivity contribution in [2.45, 2.75) is 38.8 Å².